The monoisotopic (exact) mass is 335 g/mol. The van der Waals surface area contributed by atoms with E-state index in [1.807, 2.05) is 47.4 Å². The van der Waals surface area contributed by atoms with Crippen LogP contribution in [0, 0.1) is 5.92 Å². The summed E-state index contributed by atoms with van der Waals surface area (Å²) in [5.41, 5.74) is 2.91. The van der Waals surface area contributed by atoms with Crippen LogP contribution in [0.2, 0.25) is 0 Å². The molecule has 2 aromatic rings. The molecule has 3 heteroatoms. The van der Waals surface area contributed by atoms with E-state index in [4.69, 9.17) is 0 Å². The second-order valence-electron chi connectivity index (χ2n) is 6.93. The van der Waals surface area contributed by atoms with Crippen LogP contribution in [0.15, 0.2) is 54.6 Å². The van der Waals surface area contributed by atoms with Crippen molar-refractivity contribution in [3.63, 3.8) is 0 Å². The van der Waals surface area contributed by atoms with Crippen molar-refractivity contribution in [2.45, 2.75) is 32.6 Å². The highest BCUT2D eigenvalue weighted by molar-refractivity contribution is 5.98. The number of nitrogens with zero attached hydrogens (tertiary/aromatic N) is 1. The summed E-state index contributed by atoms with van der Waals surface area (Å²) in [6.07, 6.45) is 2.74. The maximum Gasteiger partial charge on any atom is 0.223 e. The van der Waals surface area contributed by atoms with Crippen molar-refractivity contribution < 1.29 is 9.59 Å². The quantitative estimate of drug-likeness (QED) is 0.750. The molecule has 0 aliphatic carbocycles. The van der Waals surface area contributed by atoms with E-state index in [1.165, 1.54) is 0 Å². The largest absolute Gasteiger partial charge is 0.343 e. The maximum atomic E-state index is 12.4. The van der Waals surface area contributed by atoms with Crippen LogP contribution in [-0.4, -0.2) is 29.7 Å². The molecular formula is C22H25NO2. The first-order valence-electron chi connectivity index (χ1n) is 9.10. The van der Waals surface area contributed by atoms with Gasteiger partial charge in [0.2, 0.25) is 5.91 Å². The molecule has 1 fully saturated rings. The molecule has 0 N–H and O–H groups in total. The number of hydrogen-bond acceptors (Lipinski definition) is 2. The zero-order valence-corrected chi connectivity index (χ0v) is 14.8. The van der Waals surface area contributed by atoms with E-state index < -0.39 is 0 Å². The van der Waals surface area contributed by atoms with Crippen LogP contribution >= 0.6 is 0 Å². The smallest absolute Gasteiger partial charge is 0.223 e. The summed E-state index contributed by atoms with van der Waals surface area (Å²) < 4.78 is 0. The van der Waals surface area contributed by atoms with Crippen LogP contribution in [0.5, 0.6) is 0 Å². The van der Waals surface area contributed by atoms with Crippen LogP contribution in [0.25, 0.3) is 11.1 Å². The first-order chi connectivity index (χ1) is 12.1. The van der Waals surface area contributed by atoms with Crippen molar-refractivity contribution >= 4 is 11.7 Å². The Morgan fingerprint density at radius 3 is 2.12 bits per heavy atom. The Morgan fingerprint density at radius 2 is 1.48 bits per heavy atom. The fourth-order valence-electron chi connectivity index (χ4n) is 3.26. The summed E-state index contributed by atoms with van der Waals surface area (Å²) >= 11 is 0. The topological polar surface area (TPSA) is 37.4 Å². The third kappa shape index (κ3) is 4.56. The summed E-state index contributed by atoms with van der Waals surface area (Å²) in [6, 6.07) is 17.7. The lowest BCUT2D eigenvalue weighted by molar-refractivity contribution is -0.132. The molecule has 1 amide bonds. The zero-order chi connectivity index (χ0) is 17.6. The molecule has 0 unspecified atom stereocenters. The minimum absolute atomic E-state index is 0.0401. The number of ketones is 1. The summed E-state index contributed by atoms with van der Waals surface area (Å²) in [4.78, 5) is 26.5. The van der Waals surface area contributed by atoms with Crippen molar-refractivity contribution in [1.82, 2.24) is 4.90 Å². The predicted molar refractivity (Wildman–Crippen MR) is 100 cm³/mol. The third-order valence-electron chi connectivity index (χ3n) is 5.02. The molecule has 0 saturated carbocycles. The number of Topliss-reactive ketones (excluding diaryl/α,β-unsaturated/α-hetero) is 1. The number of amides is 1. The molecule has 0 radical (unpaired) electrons. The second-order valence-corrected chi connectivity index (χ2v) is 6.93. The number of benzene rings is 2. The number of hydrogen-bond donors (Lipinski definition) is 0. The fourth-order valence-corrected chi connectivity index (χ4v) is 3.26. The Bertz CT molecular complexity index is 713. The molecule has 2 aromatic carbocycles. The van der Waals surface area contributed by atoms with E-state index in [1.54, 1.807) is 0 Å². The molecule has 0 atom stereocenters. The van der Waals surface area contributed by atoms with E-state index in [-0.39, 0.29) is 18.1 Å². The SMILES string of the molecule is CC1CCN(C(=O)CCC(=O)c2ccc(-c3ccccc3)cc2)CC1. The third-order valence-corrected chi connectivity index (χ3v) is 5.02. The second kappa shape index (κ2) is 8.11. The zero-order valence-electron chi connectivity index (χ0n) is 14.8. The normalized spacial score (nSPS) is 15.2. The van der Waals surface area contributed by atoms with E-state index in [0.29, 0.717) is 17.9 Å². The Morgan fingerprint density at radius 1 is 0.880 bits per heavy atom. The average molecular weight is 335 g/mol. The van der Waals surface area contributed by atoms with E-state index in [9.17, 15) is 9.59 Å². The van der Waals surface area contributed by atoms with Crippen LogP contribution in [0.4, 0.5) is 0 Å². The Kier molecular flexibility index (Phi) is 5.64. The lowest BCUT2D eigenvalue weighted by atomic mass is 9.98. The van der Waals surface area contributed by atoms with Gasteiger partial charge in [-0.1, -0.05) is 61.5 Å². The predicted octanol–water partition coefficient (Wildman–Crippen LogP) is 4.58. The lowest BCUT2D eigenvalue weighted by Gasteiger charge is -2.30. The van der Waals surface area contributed by atoms with Gasteiger partial charge in [0.1, 0.15) is 0 Å². The standard InChI is InChI=1S/C22H25NO2/c1-17-13-15-23(16-14-17)22(25)12-11-21(24)20-9-7-19(8-10-20)18-5-3-2-4-6-18/h2-10,17H,11-16H2,1H3. The summed E-state index contributed by atoms with van der Waals surface area (Å²) in [5, 5.41) is 0. The van der Waals surface area contributed by atoms with Gasteiger partial charge in [-0.05, 0) is 29.9 Å². The van der Waals surface area contributed by atoms with Gasteiger partial charge in [-0.3, -0.25) is 9.59 Å². The molecule has 1 aliphatic heterocycles. The maximum absolute atomic E-state index is 12.4. The molecule has 0 aromatic heterocycles. The minimum atomic E-state index is 0.0401. The molecule has 130 valence electrons. The van der Waals surface area contributed by atoms with Gasteiger partial charge in [0.15, 0.2) is 5.78 Å². The van der Waals surface area contributed by atoms with Crippen LogP contribution in [-0.2, 0) is 4.79 Å². The number of rotatable bonds is 5. The molecule has 3 rings (SSSR count). The number of carbonyl (C=O) groups excluding carboxylic acids is 2. The van der Waals surface area contributed by atoms with Gasteiger partial charge in [-0.15, -0.1) is 0 Å². The van der Waals surface area contributed by atoms with Crippen LogP contribution in [0.1, 0.15) is 43.0 Å². The van der Waals surface area contributed by atoms with Gasteiger partial charge >= 0.3 is 0 Å². The number of piperidine rings is 1. The summed E-state index contributed by atoms with van der Waals surface area (Å²) in [6.45, 7) is 3.89. The van der Waals surface area contributed by atoms with Crippen molar-refractivity contribution in [2.24, 2.45) is 5.92 Å². The van der Waals surface area contributed by atoms with Gasteiger partial charge in [0, 0.05) is 31.5 Å². The van der Waals surface area contributed by atoms with Crippen molar-refractivity contribution in [3.05, 3.63) is 60.2 Å². The first-order valence-corrected chi connectivity index (χ1v) is 9.10. The minimum Gasteiger partial charge on any atom is -0.343 e. The molecule has 25 heavy (non-hydrogen) atoms. The molecule has 1 aliphatic rings. The fraction of sp³-hybridized carbons (Fsp3) is 0.364. The summed E-state index contributed by atoms with van der Waals surface area (Å²) in [7, 11) is 0. The van der Waals surface area contributed by atoms with Crippen molar-refractivity contribution in [3.8, 4) is 11.1 Å². The Labute approximate surface area is 149 Å². The Hall–Kier alpha value is -2.42. The van der Waals surface area contributed by atoms with Gasteiger partial charge in [0.25, 0.3) is 0 Å². The van der Waals surface area contributed by atoms with Gasteiger partial charge in [-0.2, -0.15) is 0 Å². The van der Waals surface area contributed by atoms with Gasteiger partial charge in [-0.25, -0.2) is 0 Å². The van der Waals surface area contributed by atoms with Gasteiger partial charge in [0.05, 0.1) is 0 Å². The molecule has 3 nitrogen and oxygen atoms in total. The highest BCUT2D eigenvalue weighted by Crippen LogP contribution is 2.20. The van der Waals surface area contributed by atoms with Crippen molar-refractivity contribution in [2.75, 3.05) is 13.1 Å². The molecular weight excluding hydrogens is 310 g/mol. The lowest BCUT2D eigenvalue weighted by Crippen LogP contribution is -2.38. The van der Waals surface area contributed by atoms with E-state index in [0.717, 1.165) is 37.1 Å². The Balaban J connectivity index is 1.54. The summed E-state index contributed by atoms with van der Waals surface area (Å²) in [5.74, 6) is 0.855. The first kappa shape index (κ1) is 17.4. The van der Waals surface area contributed by atoms with Crippen LogP contribution in [0.3, 0.4) is 0 Å². The molecule has 1 saturated heterocycles. The van der Waals surface area contributed by atoms with E-state index >= 15 is 0 Å². The van der Waals surface area contributed by atoms with Crippen LogP contribution < -0.4 is 0 Å². The highest BCUT2D eigenvalue weighted by Gasteiger charge is 2.20. The van der Waals surface area contributed by atoms with E-state index in [2.05, 4.69) is 19.1 Å². The molecule has 0 bridgehead atoms. The number of likely N-dealkylation sites (tertiary alicyclic amines) is 1. The highest BCUT2D eigenvalue weighted by atomic mass is 16.2. The van der Waals surface area contributed by atoms with Gasteiger partial charge < -0.3 is 4.90 Å². The van der Waals surface area contributed by atoms with Crippen molar-refractivity contribution in [1.29, 1.82) is 0 Å². The molecule has 1 heterocycles. The number of carbonyl (C=O) groups is 2. The molecule has 0 spiro atoms. The average Bonchev–Trinajstić information content (AvgIpc) is 2.67.